The molecule has 1 spiro atoms. The number of halogens is 3. The van der Waals surface area contributed by atoms with Crippen LogP contribution in [0.5, 0.6) is 5.88 Å². The fraction of sp³-hybridized carbons (Fsp3) is 0.667. The van der Waals surface area contributed by atoms with Gasteiger partial charge in [0.15, 0.2) is 0 Å². The SMILES string of the molecule is CN1CC[C@H](COc2ccccn2)CC12CN(S(=O)(=O)C(F)(F)F)C2. The van der Waals surface area contributed by atoms with Crippen molar-refractivity contribution in [2.24, 2.45) is 5.92 Å². The Labute approximate surface area is 144 Å². The molecule has 0 N–H and O–H groups in total. The molecule has 1 aromatic heterocycles. The molecule has 1 atom stereocenters. The first-order valence-electron chi connectivity index (χ1n) is 7.96. The largest absolute Gasteiger partial charge is 0.511 e. The maximum absolute atomic E-state index is 12.7. The normalized spacial score (nSPS) is 24.9. The van der Waals surface area contributed by atoms with Crippen LogP contribution in [0.3, 0.4) is 0 Å². The molecule has 2 aliphatic rings. The summed E-state index contributed by atoms with van der Waals surface area (Å²) >= 11 is 0. The molecule has 6 nitrogen and oxygen atoms in total. The number of ether oxygens (including phenoxy) is 1. The minimum atomic E-state index is -5.25. The van der Waals surface area contributed by atoms with Gasteiger partial charge in [-0.15, -0.1) is 0 Å². The number of likely N-dealkylation sites (tertiary alicyclic amines) is 1. The average Bonchev–Trinajstić information content (AvgIpc) is 2.52. The van der Waals surface area contributed by atoms with E-state index in [0.29, 0.717) is 29.8 Å². The average molecular weight is 379 g/mol. The molecular weight excluding hydrogens is 359 g/mol. The monoisotopic (exact) mass is 379 g/mol. The van der Waals surface area contributed by atoms with Gasteiger partial charge in [0.25, 0.3) is 0 Å². The highest BCUT2D eigenvalue weighted by Gasteiger charge is 2.60. The van der Waals surface area contributed by atoms with Crippen molar-refractivity contribution in [1.29, 1.82) is 0 Å². The standard InChI is InChI=1S/C15H20F3N3O3S/c1-20-7-5-12(9-24-13-4-2-3-6-19-13)8-14(20)10-21(11-14)25(22,23)15(16,17)18/h2-4,6,12H,5,7-11H2,1H3/t12-/m0/s1. The number of alkyl halides is 3. The minimum absolute atomic E-state index is 0.134. The van der Waals surface area contributed by atoms with Crippen LogP contribution in [0.25, 0.3) is 0 Å². The predicted octanol–water partition coefficient (Wildman–Crippen LogP) is 1.71. The number of piperidine rings is 1. The van der Waals surface area contributed by atoms with Crippen LogP contribution in [0.2, 0.25) is 0 Å². The van der Waals surface area contributed by atoms with Crippen molar-refractivity contribution in [1.82, 2.24) is 14.2 Å². The molecule has 2 fully saturated rings. The van der Waals surface area contributed by atoms with Crippen LogP contribution in [-0.2, 0) is 10.0 Å². The van der Waals surface area contributed by atoms with Gasteiger partial charge in [0.1, 0.15) is 0 Å². The second-order valence-electron chi connectivity index (χ2n) is 6.70. The van der Waals surface area contributed by atoms with Gasteiger partial charge in [-0.3, -0.25) is 4.90 Å². The third-order valence-electron chi connectivity index (χ3n) is 5.03. The van der Waals surface area contributed by atoms with Gasteiger partial charge in [-0.05, 0) is 38.4 Å². The summed E-state index contributed by atoms with van der Waals surface area (Å²) in [5, 5.41) is 0. The molecule has 0 unspecified atom stereocenters. The van der Waals surface area contributed by atoms with E-state index in [-0.39, 0.29) is 19.0 Å². The molecule has 1 aromatic rings. The molecule has 0 saturated carbocycles. The molecule has 2 aliphatic heterocycles. The van der Waals surface area contributed by atoms with Crippen molar-refractivity contribution >= 4 is 10.0 Å². The molecule has 2 saturated heterocycles. The predicted molar refractivity (Wildman–Crippen MR) is 84.4 cm³/mol. The first-order chi connectivity index (χ1) is 11.6. The topological polar surface area (TPSA) is 62.7 Å². The summed E-state index contributed by atoms with van der Waals surface area (Å²) in [4.78, 5) is 6.04. The zero-order valence-electron chi connectivity index (χ0n) is 13.7. The van der Waals surface area contributed by atoms with Crippen LogP contribution in [0.4, 0.5) is 13.2 Å². The third-order valence-corrected chi connectivity index (χ3v) is 6.55. The Balaban J connectivity index is 1.61. The van der Waals surface area contributed by atoms with E-state index in [1.54, 1.807) is 18.3 Å². The molecule has 25 heavy (non-hydrogen) atoms. The number of likely N-dealkylation sites (N-methyl/N-ethyl adjacent to an activating group) is 1. The zero-order chi connectivity index (χ0) is 18.3. The third kappa shape index (κ3) is 3.47. The Morgan fingerprint density at radius 2 is 2.08 bits per heavy atom. The summed E-state index contributed by atoms with van der Waals surface area (Å²) in [5.74, 6) is 0.652. The van der Waals surface area contributed by atoms with Gasteiger partial charge in [0.05, 0.1) is 6.61 Å². The van der Waals surface area contributed by atoms with Crippen LogP contribution < -0.4 is 4.74 Å². The van der Waals surface area contributed by atoms with Crippen molar-refractivity contribution < 1.29 is 26.3 Å². The number of pyridine rings is 1. The highest BCUT2D eigenvalue weighted by atomic mass is 32.2. The van der Waals surface area contributed by atoms with Crippen LogP contribution in [0.15, 0.2) is 24.4 Å². The molecule has 0 aliphatic carbocycles. The van der Waals surface area contributed by atoms with E-state index >= 15 is 0 Å². The summed E-state index contributed by atoms with van der Waals surface area (Å²) in [6.07, 6.45) is 3.06. The lowest BCUT2D eigenvalue weighted by Gasteiger charge is -2.57. The second-order valence-corrected chi connectivity index (χ2v) is 8.63. The van der Waals surface area contributed by atoms with E-state index in [1.165, 1.54) is 0 Å². The Hall–Kier alpha value is -1.39. The lowest BCUT2D eigenvalue weighted by atomic mass is 9.77. The smallest absolute Gasteiger partial charge is 0.477 e. The van der Waals surface area contributed by atoms with Crippen molar-refractivity contribution in [2.75, 3.05) is 33.3 Å². The summed E-state index contributed by atoms with van der Waals surface area (Å²) < 4.78 is 67.2. The number of aromatic nitrogens is 1. The summed E-state index contributed by atoms with van der Waals surface area (Å²) in [6.45, 7) is 0.839. The van der Waals surface area contributed by atoms with Crippen LogP contribution in [0.1, 0.15) is 12.8 Å². The molecular formula is C15H20F3N3O3S. The Morgan fingerprint density at radius 3 is 2.68 bits per heavy atom. The minimum Gasteiger partial charge on any atom is -0.477 e. The summed E-state index contributed by atoms with van der Waals surface area (Å²) in [7, 11) is -3.42. The van der Waals surface area contributed by atoms with Gasteiger partial charge >= 0.3 is 15.5 Å². The fourth-order valence-electron chi connectivity index (χ4n) is 3.48. The van der Waals surface area contributed by atoms with Gasteiger partial charge in [-0.1, -0.05) is 6.07 Å². The maximum Gasteiger partial charge on any atom is 0.511 e. The van der Waals surface area contributed by atoms with E-state index in [2.05, 4.69) is 4.98 Å². The highest BCUT2D eigenvalue weighted by molar-refractivity contribution is 7.90. The van der Waals surface area contributed by atoms with E-state index < -0.39 is 21.1 Å². The molecule has 0 radical (unpaired) electrons. The lowest BCUT2D eigenvalue weighted by Crippen LogP contribution is -2.73. The first kappa shape index (κ1) is 18.4. The first-order valence-corrected chi connectivity index (χ1v) is 9.40. The lowest BCUT2D eigenvalue weighted by molar-refractivity contribution is -0.0762. The van der Waals surface area contributed by atoms with Crippen molar-refractivity contribution in [3.05, 3.63) is 24.4 Å². The van der Waals surface area contributed by atoms with Gasteiger partial charge in [0, 0.05) is 30.9 Å². The van der Waals surface area contributed by atoms with Gasteiger partial charge < -0.3 is 4.74 Å². The quantitative estimate of drug-likeness (QED) is 0.797. The number of rotatable bonds is 4. The number of sulfonamides is 1. The Morgan fingerprint density at radius 1 is 1.36 bits per heavy atom. The van der Waals surface area contributed by atoms with E-state index in [0.717, 1.165) is 6.42 Å². The maximum atomic E-state index is 12.7. The fourth-order valence-corrected chi connectivity index (χ4v) is 4.60. The molecule has 0 aromatic carbocycles. The molecule has 3 heterocycles. The summed E-state index contributed by atoms with van der Waals surface area (Å²) in [6, 6.07) is 5.33. The number of nitrogens with zero attached hydrogens (tertiary/aromatic N) is 3. The van der Waals surface area contributed by atoms with Crippen LogP contribution in [-0.4, -0.2) is 66.9 Å². The van der Waals surface area contributed by atoms with E-state index in [4.69, 9.17) is 4.74 Å². The molecule has 140 valence electrons. The van der Waals surface area contributed by atoms with Crippen molar-refractivity contribution in [3.8, 4) is 5.88 Å². The van der Waals surface area contributed by atoms with Gasteiger partial charge in [0.2, 0.25) is 5.88 Å². The van der Waals surface area contributed by atoms with Gasteiger partial charge in [-0.2, -0.15) is 17.5 Å². The van der Waals surface area contributed by atoms with Gasteiger partial charge in [-0.25, -0.2) is 13.4 Å². The second kappa shape index (κ2) is 6.40. The number of hydrogen-bond acceptors (Lipinski definition) is 5. The summed E-state index contributed by atoms with van der Waals surface area (Å²) in [5.41, 5.74) is -5.79. The van der Waals surface area contributed by atoms with Crippen LogP contribution in [0, 0.1) is 5.92 Å². The molecule has 3 rings (SSSR count). The van der Waals surface area contributed by atoms with E-state index in [1.807, 2.05) is 18.0 Å². The van der Waals surface area contributed by atoms with Crippen LogP contribution >= 0.6 is 0 Å². The van der Waals surface area contributed by atoms with E-state index in [9.17, 15) is 21.6 Å². The Kier molecular flexibility index (Phi) is 4.71. The van der Waals surface area contributed by atoms with Crippen molar-refractivity contribution in [2.45, 2.75) is 23.9 Å². The highest BCUT2D eigenvalue weighted by Crippen LogP contribution is 2.42. The Bertz CT molecular complexity index is 706. The molecule has 0 bridgehead atoms. The number of hydrogen-bond donors (Lipinski definition) is 0. The zero-order valence-corrected chi connectivity index (χ0v) is 14.6. The van der Waals surface area contributed by atoms with Crippen molar-refractivity contribution in [3.63, 3.8) is 0 Å². The molecule has 10 heteroatoms. The molecule has 0 amide bonds.